The van der Waals surface area contributed by atoms with Gasteiger partial charge in [0.15, 0.2) is 0 Å². The van der Waals surface area contributed by atoms with E-state index in [0.29, 0.717) is 6.54 Å². The van der Waals surface area contributed by atoms with Gasteiger partial charge in [-0.15, -0.1) is 0 Å². The molecule has 2 rings (SSSR count). The summed E-state index contributed by atoms with van der Waals surface area (Å²) >= 11 is 0. The Bertz CT molecular complexity index is 440. The largest absolute Gasteiger partial charge is 0.361 e. The van der Waals surface area contributed by atoms with Crippen LogP contribution in [0.3, 0.4) is 0 Å². The summed E-state index contributed by atoms with van der Waals surface area (Å²) in [5.74, 6) is 0. The lowest BCUT2D eigenvalue weighted by atomic mass is 10.1. The van der Waals surface area contributed by atoms with Gasteiger partial charge in [-0.3, -0.25) is 0 Å². The van der Waals surface area contributed by atoms with Crippen molar-refractivity contribution in [3.8, 4) is 0 Å². The van der Waals surface area contributed by atoms with Crippen molar-refractivity contribution in [3.05, 3.63) is 42.6 Å². The molecule has 0 aliphatic carbocycles. The number of nitrogens with one attached hydrogen (secondary N) is 1. The Morgan fingerprint density at radius 2 is 2.23 bits per heavy atom. The summed E-state index contributed by atoms with van der Waals surface area (Å²) in [5.41, 5.74) is 8.76. The lowest BCUT2D eigenvalue weighted by Crippen LogP contribution is -2.01. The number of fused-ring (bicyclic) bond motifs is 1. The standard InChI is InChI=1S/C11H12N2/c1-8(7-12)10-4-2-3-9-5-6-13-11(9)10/h2-6,13H,1,7,12H2. The third-order valence-corrected chi connectivity index (χ3v) is 2.21. The maximum absolute atomic E-state index is 5.55. The maximum atomic E-state index is 5.55. The molecule has 1 aromatic heterocycles. The fourth-order valence-electron chi connectivity index (χ4n) is 1.49. The van der Waals surface area contributed by atoms with Crippen LogP contribution in [0.4, 0.5) is 0 Å². The van der Waals surface area contributed by atoms with Crippen molar-refractivity contribution in [2.24, 2.45) is 5.73 Å². The second-order valence-electron chi connectivity index (χ2n) is 3.06. The first kappa shape index (κ1) is 8.08. The van der Waals surface area contributed by atoms with Crippen LogP contribution in [0.5, 0.6) is 0 Å². The van der Waals surface area contributed by atoms with Crippen LogP contribution in [0.25, 0.3) is 16.5 Å². The summed E-state index contributed by atoms with van der Waals surface area (Å²) in [7, 11) is 0. The molecule has 0 saturated heterocycles. The Labute approximate surface area is 77.1 Å². The lowest BCUT2D eigenvalue weighted by Gasteiger charge is -2.03. The van der Waals surface area contributed by atoms with Crippen molar-refractivity contribution in [2.75, 3.05) is 6.54 Å². The topological polar surface area (TPSA) is 41.8 Å². The summed E-state index contributed by atoms with van der Waals surface area (Å²) in [6.45, 7) is 4.43. The van der Waals surface area contributed by atoms with E-state index < -0.39 is 0 Å². The van der Waals surface area contributed by atoms with Crippen LogP contribution in [0, 0.1) is 0 Å². The molecule has 0 radical (unpaired) electrons. The molecule has 2 nitrogen and oxygen atoms in total. The third kappa shape index (κ3) is 1.25. The quantitative estimate of drug-likeness (QED) is 0.716. The van der Waals surface area contributed by atoms with Gasteiger partial charge in [-0.1, -0.05) is 24.8 Å². The maximum Gasteiger partial charge on any atom is 0.0530 e. The molecule has 13 heavy (non-hydrogen) atoms. The van der Waals surface area contributed by atoms with Crippen LogP contribution >= 0.6 is 0 Å². The smallest absolute Gasteiger partial charge is 0.0530 e. The minimum Gasteiger partial charge on any atom is -0.361 e. The van der Waals surface area contributed by atoms with Crippen molar-refractivity contribution in [1.29, 1.82) is 0 Å². The Kier molecular flexibility index (Phi) is 1.91. The Hall–Kier alpha value is -1.54. The summed E-state index contributed by atoms with van der Waals surface area (Å²) in [4.78, 5) is 3.19. The van der Waals surface area contributed by atoms with Gasteiger partial charge in [0.25, 0.3) is 0 Å². The Balaban J connectivity index is 2.67. The molecule has 0 spiro atoms. The van der Waals surface area contributed by atoms with E-state index in [2.05, 4.69) is 17.6 Å². The SMILES string of the molecule is C=C(CN)c1cccc2cc[nH]c12. The molecule has 3 N–H and O–H groups in total. The predicted molar refractivity (Wildman–Crippen MR) is 56.4 cm³/mol. The van der Waals surface area contributed by atoms with E-state index in [-0.39, 0.29) is 0 Å². The van der Waals surface area contributed by atoms with Gasteiger partial charge in [0, 0.05) is 18.3 Å². The average molecular weight is 172 g/mol. The second kappa shape index (κ2) is 3.07. The van der Waals surface area contributed by atoms with Crippen LogP contribution in [0.15, 0.2) is 37.0 Å². The molecular weight excluding hydrogens is 160 g/mol. The number of para-hydroxylation sites is 1. The van der Waals surface area contributed by atoms with Crippen LogP contribution in [-0.2, 0) is 0 Å². The average Bonchev–Trinajstić information content (AvgIpc) is 2.63. The number of aromatic nitrogens is 1. The molecule has 0 unspecified atom stereocenters. The highest BCUT2D eigenvalue weighted by Gasteiger charge is 2.02. The molecule has 0 saturated carbocycles. The second-order valence-corrected chi connectivity index (χ2v) is 3.06. The zero-order chi connectivity index (χ0) is 9.26. The number of benzene rings is 1. The van der Waals surface area contributed by atoms with Gasteiger partial charge in [0.1, 0.15) is 0 Å². The van der Waals surface area contributed by atoms with E-state index in [0.717, 1.165) is 16.7 Å². The molecule has 1 heterocycles. The van der Waals surface area contributed by atoms with Crippen molar-refractivity contribution in [3.63, 3.8) is 0 Å². The van der Waals surface area contributed by atoms with Crippen LogP contribution in [0.2, 0.25) is 0 Å². The number of H-pyrrole nitrogens is 1. The van der Waals surface area contributed by atoms with E-state index in [9.17, 15) is 0 Å². The zero-order valence-electron chi connectivity index (χ0n) is 7.38. The van der Waals surface area contributed by atoms with Gasteiger partial charge in [-0.2, -0.15) is 0 Å². The summed E-state index contributed by atoms with van der Waals surface area (Å²) in [6, 6.07) is 8.17. The van der Waals surface area contributed by atoms with Gasteiger partial charge in [0.05, 0.1) is 5.52 Å². The molecule has 2 heteroatoms. The minimum atomic E-state index is 0.498. The van der Waals surface area contributed by atoms with Gasteiger partial charge in [-0.25, -0.2) is 0 Å². The van der Waals surface area contributed by atoms with Crippen LogP contribution in [0.1, 0.15) is 5.56 Å². The molecule has 0 aliphatic heterocycles. The van der Waals surface area contributed by atoms with Gasteiger partial charge in [0.2, 0.25) is 0 Å². The summed E-state index contributed by atoms with van der Waals surface area (Å²) < 4.78 is 0. The first-order chi connectivity index (χ1) is 6.33. The van der Waals surface area contributed by atoms with Crippen molar-refractivity contribution < 1.29 is 0 Å². The van der Waals surface area contributed by atoms with Crippen molar-refractivity contribution in [1.82, 2.24) is 4.98 Å². The Morgan fingerprint density at radius 3 is 3.00 bits per heavy atom. The fraction of sp³-hybridized carbons (Fsp3) is 0.0909. The first-order valence-electron chi connectivity index (χ1n) is 4.27. The molecule has 2 aromatic rings. The normalized spacial score (nSPS) is 10.5. The first-order valence-corrected chi connectivity index (χ1v) is 4.27. The monoisotopic (exact) mass is 172 g/mol. The summed E-state index contributed by atoms with van der Waals surface area (Å²) in [6.07, 6.45) is 1.93. The molecule has 0 fully saturated rings. The zero-order valence-corrected chi connectivity index (χ0v) is 7.38. The number of rotatable bonds is 2. The highest BCUT2D eigenvalue weighted by atomic mass is 14.7. The molecule has 0 bridgehead atoms. The highest BCUT2D eigenvalue weighted by molar-refractivity contribution is 5.91. The minimum absolute atomic E-state index is 0.498. The van der Waals surface area contributed by atoms with Gasteiger partial charge < -0.3 is 10.7 Å². The fourth-order valence-corrected chi connectivity index (χ4v) is 1.49. The number of aromatic amines is 1. The molecule has 0 amide bonds. The van der Waals surface area contributed by atoms with Gasteiger partial charge in [-0.05, 0) is 17.0 Å². The van der Waals surface area contributed by atoms with Crippen molar-refractivity contribution in [2.45, 2.75) is 0 Å². The third-order valence-electron chi connectivity index (χ3n) is 2.21. The highest BCUT2D eigenvalue weighted by Crippen LogP contribution is 2.21. The van der Waals surface area contributed by atoms with Gasteiger partial charge >= 0.3 is 0 Å². The van der Waals surface area contributed by atoms with E-state index in [4.69, 9.17) is 5.73 Å². The van der Waals surface area contributed by atoms with E-state index in [1.54, 1.807) is 0 Å². The summed E-state index contributed by atoms with van der Waals surface area (Å²) in [5, 5.41) is 1.20. The lowest BCUT2D eigenvalue weighted by molar-refractivity contribution is 1.27. The molecule has 1 aromatic carbocycles. The van der Waals surface area contributed by atoms with Crippen LogP contribution in [-0.4, -0.2) is 11.5 Å². The Morgan fingerprint density at radius 1 is 1.38 bits per heavy atom. The predicted octanol–water partition coefficient (Wildman–Crippen LogP) is 2.14. The van der Waals surface area contributed by atoms with Crippen molar-refractivity contribution >= 4 is 16.5 Å². The molecule has 0 atom stereocenters. The molecule has 66 valence electrons. The number of hydrogen-bond donors (Lipinski definition) is 2. The van der Waals surface area contributed by atoms with E-state index in [1.807, 2.05) is 24.4 Å². The molecular formula is C11H12N2. The number of hydrogen-bond acceptors (Lipinski definition) is 1. The van der Waals surface area contributed by atoms with Crippen LogP contribution < -0.4 is 5.73 Å². The van der Waals surface area contributed by atoms with E-state index in [1.165, 1.54) is 5.39 Å². The number of nitrogens with two attached hydrogens (primary N) is 1. The molecule has 0 aliphatic rings. The van der Waals surface area contributed by atoms with E-state index >= 15 is 0 Å².